The normalized spacial score (nSPS) is 10.7. The maximum atomic E-state index is 6.34. The number of nitrogens with zero attached hydrogens (tertiary/aromatic N) is 13. The summed E-state index contributed by atoms with van der Waals surface area (Å²) in [6.45, 7) is 10.6. The van der Waals surface area contributed by atoms with E-state index in [9.17, 15) is 0 Å². The quantitative estimate of drug-likeness (QED) is 0.148. The van der Waals surface area contributed by atoms with Crippen molar-refractivity contribution >= 4 is 164 Å². The fourth-order valence-electron chi connectivity index (χ4n) is 18.0. The highest BCUT2D eigenvalue weighted by Crippen LogP contribution is 2.46. The maximum Gasteiger partial charge on any atom is 0.334 e. The van der Waals surface area contributed by atoms with Gasteiger partial charge in [-0.3, -0.25) is 15.0 Å². The van der Waals surface area contributed by atoms with Crippen LogP contribution in [-0.2, 0) is 35.2 Å². The van der Waals surface area contributed by atoms with Crippen LogP contribution in [-0.4, -0.2) is 39.9 Å². The fourth-order valence-corrected chi connectivity index (χ4v) is 18.0. The molecule has 0 saturated carbocycles. The van der Waals surface area contributed by atoms with Gasteiger partial charge < -0.3 is 22.1 Å². The molecule has 18 nitrogen and oxygen atoms in total. The van der Waals surface area contributed by atoms with E-state index >= 15 is 0 Å². The topological polar surface area (TPSA) is 188 Å². The summed E-state index contributed by atoms with van der Waals surface area (Å²) in [4.78, 5) is 35.6. The lowest BCUT2D eigenvalue weighted by Crippen LogP contribution is -2.31. The first-order valence-electron chi connectivity index (χ1n) is 41.5. The van der Waals surface area contributed by atoms with E-state index in [4.69, 9.17) is 22.1 Å². The maximum absolute atomic E-state index is 6.34. The SMILES string of the molecule is C.C.C.C.C.C.C.C.C.C.Cc1ccc2c(oc3ccc4cccnc4c32)c1-c1cccc[n+]1C.Cc1ccc2c(oc3ccc4ccncc4c32)c1-c1cccc[n+]1C.Cc1ccc2c(oc3ncc4ccccc4c32)c1-c1ccnc[n+]1C.Cc1ccc2c(oc3ncc4ccccc4c32)c1-c1cncc[n+]1C.Cc1ccc2c(oc3ncc4ccccc4c32)c1-c1nccc[n+]1C. The van der Waals surface area contributed by atoms with Gasteiger partial charge in [0.15, 0.2) is 29.8 Å². The standard InChI is InChI=1S/2C22H17N2O.3C21H16N3O.10CH4/c1-14-8-10-16-20-18(11-9-15-6-5-12-23-21(15)20)25-22(16)19(14)17-7-3-4-13-24(17)2;1-14-6-8-16-21-17-13-23-11-10-15(17)7-9-19(21)25-22(16)20(14)18-5-3-4-12-24(18)2;1-13-8-9-16-18-15-7-4-3-6-14(15)12-23-21(18)25-19(16)17(13)20-22-10-5-11-24(20)2;1-13-7-8-16-19-15-6-4-3-5-14(15)11-23-21(19)25-20(16)18(13)17-12-22-9-10-24(17)2;1-13-7-8-16-19-15-6-4-3-5-14(15)11-23-21(19)25-20(16)18(13)17-9-10-22-12-24(17)2;;;;;;;;;;/h2*3-13H,1-2H3;3*3-12H,1-2H3;10*1H4/q5*+1;;;;;;;;;;. The lowest BCUT2D eigenvalue weighted by atomic mass is 9.99. The number of pyridine rings is 7. The first kappa shape index (κ1) is 99.4. The minimum Gasteiger partial charge on any atom is -0.455 e. The van der Waals surface area contributed by atoms with Crippen LogP contribution >= 0.6 is 0 Å². The minimum atomic E-state index is 0. The molecule has 15 heterocycles. The number of hydrogen-bond donors (Lipinski definition) is 0. The van der Waals surface area contributed by atoms with Crippen LogP contribution in [0.1, 0.15) is 102 Å². The Kier molecular flexibility index (Phi) is 29.9. The molecule has 0 saturated heterocycles. The summed E-state index contributed by atoms with van der Waals surface area (Å²) in [5.74, 6) is 0.883. The molecule has 0 aliphatic carbocycles. The van der Waals surface area contributed by atoms with Crippen molar-refractivity contribution in [2.45, 2.75) is 109 Å². The van der Waals surface area contributed by atoms with Gasteiger partial charge >= 0.3 is 5.82 Å². The predicted octanol–water partition coefficient (Wildman–Crippen LogP) is 29.2. The zero-order chi connectivity index (χ0) is 84.8. The van der Waals surface area contributed by atoms with Gasteiger partial charge in [0, 0.05) is 133 Å². The van der Waals surface area contributed by atoms with Crippen LogP contribution in [0.2, 0.25) is 0 Å². The van der Waals surface area contributed by atoms with E-state index in [-0.39, 0.29) is 74.3 Å². The van der Waals surface area contributed by atoms with Crippen molar-refractivity contribution < 1.29 is 44.9 Å². The van der Waals surface area contributed by atoms with Gasteiger partial charge in [0.1, 0.15) is 72.7 Å². The van der Waals surface area contributed by atoms with Crippen molar-refractivity contribution in [2.75, 3.05) is 0 Å². The second kappa shape index (κ2) is 40.7. The molecule has 18 heteroatoms. The van der Waals surface area contributed by atoms with Crippen molar-refractivity contribution in [3.05, 3.63) is 345 Å². The molecule has 0 N–H and O–H groups in total. The highest BCUT2D eigenvalue weighted by Gasteiger charge is 2.29. The Bertz CT molecular complexity index is 7520. The van der Waals surface area contributed by atoms with E-state index in [0.717, 1.165) is 209 Å². The first-order chi connectivity index (χ1) is 61.2. The Morgan fingerprint density at radius 2 is 0.600 bits per heavy atom. The molecule has 0 atom stereocenters. The van der Waals surface area contributed by atoms with Gasteiger partial charge in [0.25, 0.3) is 6.33 Å². The van der Waals surface area contributed by atoms with E-state index in [0.29, 0.717) is 17.1 Å². The molecule has 0 unspecified atom stereocenters. The molecule has 0 amide bonds. The van der Waals surface area contributed by atoms with Crippen LogP contribution in [0.3, 0.4) is 0 Å². The summed E-state index contributed by atoms with van der Waals surface area (Å²) in [7, 11) is 10.1. The van der Waals surface area contributed by atoms with Gasteiger partial charge in [-0.15, -0.1) is 0 Å². The van der Waals surface area contributed by atoms with Crippen molar-refractivity contribution in [3.63, 3.8) is 0 Å². The average Bonchev–Trinajstić information content (AvgIpc) is 1.61. The number of benzene rings is 10. The molecule has 10 aromatic carbocycles. The zero-order valence-corrected chi connectivity index (χ0v) is 70.4. The molecule has 0 aliphatic heterocycles. The van der Waals surface area contributed by atoms with Gasteiger partial charge in [-0.2, -0.15) is 4.57 Å². The molecule has 15 aromatic heterocycles. The van der Waals surface area contributed by atoms with E-state index < -0.39 is 0 Å². The highest BCUT2D eigenvalue weighted by molar-refractivity contribution is 6.24. The molecule has 25 aromatic rings. The summed E-state index contributed by atoms with van der Waals surface area (Å²) in [6, 6.07) is 77.1. The van der Waals surface area contributed by atoms with Crippen LogP contribution in [0.25, 0.3) is 220 Å². The van der Waals surface area contributed by atoms with Gasteiger partial charge in [0.2, 0.25) is 34.2 Å². The summed E-state index contributed by atoms with van der Waals surface area (Å²) in [5, 5.41) is 21.2. The third-order valence-corrected chi connectivity index (χ3v) is 24.2. The molecule has 680 valence electrons. The number of aromatic nitrogens is 13. The van der Waals surface area contributed by atoms with Crippen molar-refractivity contribution in [2.24, 2.45) is 35.2 Å². The molecular formula is C117H122N13O5+5. The Hall–Kier alpha value is -16.2. The van der Waals surface area contributed by atoms with Crippen molar-refractivity contribution in [1.29, 1.82) is 0 Å². The summed E-state index contributed by atoms with van der Waals surface area (Å²) < 4.78 is 41.7. The van der Waals surface area contributed by atoms with Crippen LogP contribution in [0, 0.1) is 34.6 Å². The molecule has 0 fully saturated rings. The van der Waals surface area contributed by atoms with Gasteiger partial charge in [-0.05, 0) is 131 Å². The van der Waals surface area contributed by atoms with Crippen molar-refractivity contribution in [1.82, 2.24) is 39.9 Å². The predicted molar refractivity (Wildman–Crippen MR) is 563 cm³/mol. The van der Waals surface area contributed by atoms with Crippen molar-refractivity contribution in [3.8, 4) is 56.4 Å². The number of aryl methyl sites for hydroxylation is 10. The van der Waals surface area contributed by atoms with Gasteiger partial charge in [0.05, 0.1) is 82.0 Å². The van der Waals surface area contributed by atoms with Crippen LogP contribution < -0.4 is 22.8 Å². The zero-order valence-electron chi connectivity index (χ0n) is 70.4. The lowest BCUT2D eigenvalue weighted by molar-refractivity contribution is -0.663. The second-order valence-corrected chi connectivity index (χ2v) is 31.9. The Labute approximate surface area is 789 Å². The summed E-state index contributed by atoms with van der Waals surface area (Å²) in [6.07, 6.45) is 28.4. The monoisotopic (exact) mass is 1790 g/mol. The minimum absolute atomic E-state index is 0. The number of hydrogen-bond acceptors (Lipinski definition) is 13. The number of furan rings is 5. The summed E-state index contributed by atoms with van der Waals surface area (Å²) in [5.41, 5.74) is 24.9. The lowest BCUT2D eigenvalue weighted by Gasteiger charge is -2.06. The van der Waals surface area contributed by atoms with Crippen LogP contribution in [0.15, 0.2) is 340 Å². The Morgan fingerprint density at radius 1 is 0.222 bits per heavy atom. The Balaban J connectivity index is 0.000000159. The second-order valence-electron chi connectivity index (χ2n) is 31.9. The first-order valence-corrected chi connectivity index (χ1v) is 41.5. The van der Waals surface area contributed by atoms with E-state index in [1.54, 1.807) is 6.20 Å². The van der Waals surface area contributed by atoms with E-state index in [2.05, 4.69) is 278 Å². The molecule has 0 radical (unpaired) electrons. The molecule has 0 spiro atoms. The van der Waals surface area contributed by atoms with Gasteiger partial charge in [-0.25, -0.2) is 33.2 Å². The Morgan fingerprint density at radius 3 is 1.07 bits per heavy atom. The van der Waals surface area contributed by atoms with E-state index in [1.165, 1.54) is 21.9 Å². The van der Waals surface area contributed by atoms with Gasteiger partial charge in [-0.1, -0.05) is 225 Å². The number of fused-ring (bicyclic) bond motifs is 25. The largest absolute Gasteiger partial charge is 0.455 e. The molecule has 0 bridgehead atoms. The van der Waals surface area contributed by atoms with Crippen LogP contribution in [0.5, 0.6) is 0 Å². The van der Waals surface area contributed by atoms with Crippen LogP contribution in [0.4, 0.5) is 0 Å². The third-order valence-electron chi connectivity index (χ3n) is 24.2. The molecular weight excluding hydrogens is 1670 g/mol. The number of rotatable bonds is 5. The fraction of sp³-hybridized carbons (Fsp3) is 0.171. The molecule has 0 aliphatic rings. The highest BCUT2D eigenvalue weighted by atomic mass is 16.4. The molecule has 25 rings (SSSR count). The average molecular weight is 1790 g/mol. The smallest absolute Gasteiger partial charge is 0.334 e. The molecule has 135 heavy (non-hydrogen) atoms. The third kappa shape index (κ3) is 17.1. The van der Waals surface area contributed by atoms with E-state index in [1.807, 2.05) is 165 Å². The summed E-state index contributed by atoms with van der Waals surface area (Å²) >= 11 is 0.